The van der Waals surface area contributed by atoms with Crippen LogP contribution in [0.25, 0.3) is 0 Å². The minimum Gasteiger partial charge on any atom is -0.361 e. The number of nitrogens with one attached hydrogen (secondary N) is 1. The Balaban J connectivity index is 1.63. The van der Waals surface area contributed by atoms with Crippen LogP contribution in [0.3, 0.4) is 0 Å². The average Bonchev–Trinajstić information content (AvgIpc) is 3.28. The van der Waals surface area contributed by atoms with Gasteiger partial charge in [-0.15, -0.1) is 0 Å². The van der Waals surface area contributed by atoms with E-state index in [1.807, 2.05) is 20.9 Å². The molecule has 0 aliphatic carbocycles. The Morgan fingerprint density at radius 2 is 2.21 bits per heavy atom. The third kappa shape index (κ3) is 3.57. The van der Waals surface area contributed by atoms with E-state index in [1.54, 1.807) is 22.1 Å². The Kier molecular flexibility index (Phi) is 4.99. The van der Waals surface area contributed by atoms with E-state index in [1.165, 1.54) is 0 Å². The van der Waals surface area contributed by atoms with Crippen LogP contribution in [-0.2, 0) is 11.3 Å². The van der Waals surface area contributed by atoms with Crippen LogP contribution in [-0.4, -0.2) is 71.5 Å². The Morgan fingerprint density at radius 3 is 2.86 bits per heavy atom. The smallest absolute Gasteiger partial charge is 0.255 e. The predicted octanol–water partition coefficient (Wildman–Crippen LogP) is 1.42. The number of fused-ring (bicyclic) bond motifs is 1. The van der Waals surface area contributed by atoms with Gasteiger partial charge in [0, 0.05) is 31.4 Å². The molecular weight excluding hydrogens is 372 g/mol. The highest BCUT2D eigenvalue weighted by molar-refractivity contribution is 6.04. The van der Waals surface area contributed by atoms with Gasteiger partial charge < -0.3 is 24.5 Å². The molecule has 9 heteroatoms. The monoisotopic (exact) mass is 398 g/mol. The Bertz CT molecular complexity index is 936. The van der Waals surface area contributed by atoms with Crippen molar-refractivity contribution >= 4 is 23.3 Å². The molecule has 0 bridgehead atoms. The van der Waals surface area contributed by atoms with Crippen LogP contribution in [0.4, 0.5) is 11.5 Å². The van der Waals surface area contributed by atoms with Crippen LogP contribution >= 0.6 is 0 Å². The first-order chi connectivity index (χ1) is 13.8. The van der Waals surface area contributed by atoms with Crippen molar-refractivity contribution in [2.45, 2.75) is 32.9 Å². The number of likely N-dealkylation sites (N-methyl/N-ethyl adjacent to an activating group) is 2. The van der Waals surface area contributed by atoms with Gasteiger partial charge in [-0.25, -0.2) is 4.98 Å². The zero-order valence-electron chi connectivity index (χ0n) is 17.2. The molecular formula is C20H26N6O3. The van der Waals surface area contributed by atoms with Crippen molar-refractivity contribution in [1.29, 1.82) is 0 Å². The number of rotatable bonds is 4. The highest BCUT2D eigenvalue weighted by Crippen LogP contribution is 2.31. The summed E-state index contributed by atoms with van der Waals surface area (Å²) >= 11 is 0. The molecule has 0 saturated carbocycles. The molecule has 1 fully saturated rings. The van der Waals surface area contributed by atoms with Crippen LogP contribution in [0, 0.1) is 13.8 Å². The molecule has 1 unspecified atom stereocenters. The largest absolute Gasteiger partial charge is 0.361 e. The first kappa shape index (κ1) is 19.4. The van der Waals surface area contributed by atoms with Crippen LogP contribution in [0.1, 0.15) is 33.8 Å². The van der Waals surface area contributed by atoms with Gasteiger partial charge in [-0.05, 0) is 39.9 Å². The van der Waals surface area contributed by atoms with Crippen molar-refractivity contribution in [1.82, 2.24) is 19.9 Å². The molecule has 2 aliphatic rings. The Hall–Kier alpha value is -2.94. The highest BCUT2D eigenvalue weighted by atomic mass is 16.5. The normalized spacial score (nSPS) is 19.2. The minimum atomic E-state index is -0.0883. The molecule has 2 aromatic heterocycles. The summed E-state index contributed by atoms with van der Waals surface area (Å²) in [6, 6.07) is 1.93. The number of hydrogen-bond acceptors (Lipinski definition) is 7. The molecule has 4 rings (SSSR count). The number of aromatic nitrogens is 2. The average molecular weight is 398 g/mol. The number of hydrogen-bond donors (Lipinski definition) is 1. The van der Waals surface area contributed by atoms with Gasteiger partial charge in [0.25, 0.3) is 5.91 Å². The van der Waals surface area contributed by atoms with Gasteiger partial charge in [0.15, 0.2) is 5.82 Å². The SMILES string of the molecule is Cc1noc(C)c1CN1C(=O)CNc2ncc(C(=O)N(C)C3CCN(C)C3)cc21. The lowest BCUT2D eigenvalue weighted by Crippen LogP contribution is -2.41. The molecule has 9 nitrogen and oxygen atoms in total. The van der Waals surface area contributed by atoms with Gasteiger partial charge in [-0.3, -0.25) is 9.59 Å². The zero-order valence-corrected chi connectivity index (χ0v) is 17.2. The quantitative estimate of drug-likeness (QED) is 0.832. The lowest BCUT2D eigenvalue weighted by molar-refractivity contribution is -0.117. The number of carbonyl (C=O) groups is 2. The fourth-order valence-electron chi connectivity index (χ4n) is 3.96. The first-order valence-corrected chi connectivity index (χ1v) is 9.77. The van der Waals surface area contributed by atoms with E-state index in [0.717, 1.165) is 30.8 Å². The fraction of sp³-hybridized carbons (Fsp3) is 0.500. The van der Waals surface area contributed by atoms with Crippen molar-refractivity contribution in [2.24, 2.45) is 0 Å². The molecule has 0 radical (unpaired) electrons. The third-order valence-electron chi connectivity index (χ3n) is 5.85. The molecule has 0 aromatic carbocycles. The van der Waals surface area contributed by atoms with Gasteiger partial charge in [0.05, 0.1) is 30.0 Å². The third-order valence-corrected chi connectivity index (χ3v) is 5.85. The van der Waals surface area contributed by atoms with Crippen molar-refractivity contribution in [3.8, 4) is 0 Å². The number of pyridine rings is 1. The van der Waals surface area contributed by atoms with E-state index in [-0.39, 0.29) is 24.4 Å². The Labute approximate surface area is 169 Å². The van der Waals surface area contributed by atoms with E-state index in [9.17, 15) is 9.59 Å². The molecule has 2 amide bonds. The number of nitrogens with zero attached hydrogens (tertiary/aromatic N) is 5. The van der Waals surface area contributed by atoms with Gasteiger partial charge in [0.1, 0.15) is 5.76 Å². The second-order valence-corrected chi connectivity index (χ2v) is 7.85. The molecule has 2 aromatic rings. The second-order valence-electron chi connectivity index (χ2n) is 7.85. The van der Waals surface area contributed by atoms with Gasteiger partial charge in [-0.2, -0.15) is 0 Å². The topological polar surface area (TPSA) is 94.8 Å². The molecule has 154 valence electrons. The number of likely N-dealkylation sites (tertiary alicyclic amines) is 1. The first-order valence-electron chi connectivity index (χ1n) is 9.77. The van der Waals surface area contributed by atoms with Crippen molar-refractivity contribution in [3.05, 3.63) is 34.8 Å². The number of aryl methyl sites for hydroxylation is 2. The zero-order chi connectivity index (χ0) is 20.7. The standard InChI is InChI=1S/C20H26N6O3/c1-12-16(13(2)29-23-12)11-26-17-7-14(8-21-19(17)22-9-18(26)27)20(28)25(4)15-5-6-24(3)10-15/h7-8,15H,5-6,9-11H2,1-4H3,(H,21,22). The highest BCUT2D eigenvalue weighted by Gasteiger charge is 2.30. The predicted molar refractivity (Wildman–Crippen MR) is 108 cm³/mol. The molecule has 1 atom stereocenters. The Morgan fingerprint density at radius 1 is 1.41 bits per heavy atom. The van der Waals surface area contributed by atoms with Gasteiger partial charge in [-0.1, -0.05) is 5.16 Å². The summed E-state index contributed by atoms with van der Waals surface area (Å²) in [6.45, 7) is 6.01. The summed E-state index contributed by atoms with van der Waals surface area (Å²) in [5, 5.41) is 7.01. The van der Waals surface area contributed by atoms with Gasteiger partial charge >= 0.3 is 0 Å². The van der Waals surface area contributed by atoms with Crippen LogP contribution in [0.5, 0.6) is 0 Å². The van der Waals surface area contributed by atoms with E-state index in [0.29, 0.717) is 29.4 Å². The lowest BCUT2D eigenvalue weighted by Gasteiger charge is -2.30. The molecule has 1 N–H and O–H groups in total. The molecule has 0 spiro atoms. The number of carbonyl (C=O) groups excluding carboxylic acids is 2. The second kappa shape index (κ2) is 7.47. The molecule has 4 heterocycles. The maximum Gasteiger partial charge on any atom is 0.255 e. The van der Waals surface area contributed by atoms with Crippen LogP contribution in [0.2, 0.25) is 0 Å². The van der Waals surface area contributed by atoms with Crippen LogP contribution in [0.15, 0.2) is 16.8 Å². The van der Waals surface area contributed by atoms with Crippen molar-refractivity contribution < 1.29 is 14.1 Å². The van der Waals surface area contributed by atoms with E-state index in [2.05, 4.69) is 27.4 Å². The van der Waals surface area contributed by atoms with Crippen molar-refractivity contribution in [2.75, 3.05) is 43.9 Å². The maximum atomic E-state index is 13.1. The minimum absolute atomic E-state index is 0.0871. The summed E-state index contributed by atoms with van der Waals surface area (Å²) < 4.78 is 5.24. The van der Waals surface area contributed by atoms with Crippen LogP contribution < -0.4 is 10.2 Å². The number of anilines is 2. The molecule has 1 saturated heterocycles. The van der Waals surface area contributed by atoms with E-state index in [4.69, 9.17) is 4.52 Å². The summed E-state index contributed by atoms with van der Waals surface area (Å²) in [5.74, 6) is 1.10. The summed E-state index contributed by atoms with van der Waals surface area (Å²) in [5.41, 5.74) is 2.69. The summed E-state index contributed by atoms with van der Waals surface area (Å²) in [7, 11) is 3.89. The molecule has 2 aliphatic heterocycles. The van der Waals surface area contributed by atoms with E-state index >= 15 is 0 Å². The van der Waals surface area contributed by atoms with Crippen molar-refractivity contribution in [3.63, 3.8) is 0 Å². The number of amides is 2. The van der Waals surface area contributed by atoms with Gasteiger partial charge in [0.2, 0.25) is 5.91 Å². The maximum absolute atomic E-state index is 13.1. The van der Waals surface area contributed by atoms with E-state index < -0.39 is 0 Å². The molecule has 29 heavy (non-hydrogen) atoms. The fourth-order valence-corrected chi connectivity index (χ4v) is 3.96. The summed E-state index contributed by atoms with van der Waals surface area (Å²) in [4.78, 5) is 35.8. The lowest BCUT2D eigenvalue weighted by atomic mass is 10.1. The summed E-state index contributed by atoms with van der Waals surface area (Å²) in [6.07, 6.45) is 2.53.